The number of nitrogens with one attached hydrogen (secondary N) is 1. The van der Waals surface area contributed by atoms with Crippen LogP contribution in [0.2, 0.25) is 0 Å². The number of pyridine rings is 1. The maximum absolute atomic E-state index is 6.25. The number of benzene rings is 2. The molecule has 2 aromatic carbocycles. The Balaban J connectivity index is 2.33. The first-order chi connectivity index (χ1) is 8.84. The first-order valence-electron chi connectivity index (χ1n) is 5.89. The third kappa shape index (κ3) is 1.10. The topological polar surface area (TPSA) is 54.7 Å². The summed E-state index contributed by atoms with van der Waals surface area (Å²) in [5, 5.41) is 2.11. The molecule has 0 aliphatic carbocycles. The van der Waals surface area contributed by atoms with E-state index in [1.54, 1.807) is 0 Å². The summed E-state index contributed by atoms with van der Waals surface area (Å²) in [6.45, 7) is 0. The monoisotopic (exact) mass is 233 g/mol. The van der Waals surface area contributed by atoms with Gasteiger partial charge >= 0.3 is 0 Å². The van der Waals surface area contributed by atoms with Crippen LogP contribution in [0.5, 0.6) is 0 Å². The van der Waals surface area contributed by atoms with Gasteiger partial charge in [0.15, 0.2) is 0 Å². The van der Waals surface area contributed by atoms with Crippen molar-refractivity contribution in [3.05, 3.63) is 48.5 Å². The van der Waals surface area contributed by atoms with Gasteiger partial charge in [-0.25, -0.2) is 4.98 Å². The largest absolute Gasteiger partial charge is 0.396 e. The molecule has 3 nitrogen and oxygen atoms in total. The molecule has 0 amide bonds. The second-order valence-corrected chi connectivity index (χ2v) is 4.44. The zero-order valence-corrected chi connectivity index (χ0v) is 9.64. The summed E-state index contributed by atoms with van der Waals surface area (Å²) in [4.78, 5) is 8.07. The lowest BCUT2D eigenvalue weighted by molar-refractivity contribution is 1.49. The Bertz CT molecular complexity index is 890. The Morgan fingerprint density at radius 1 is 0.889 bits per heavy atom. The van der Waals surface area contributed by atoms with Crippen molar-refractivity contribution in [3.8, 4) is 0 Å². The molecule has 2 heterocycles. The van der Waals surface area contributed by atoms with Crippen LogP contribution in [0, 0.1) is 0 Å². The maximum Gasteiger partial charge on any atom is 0.0986 e. The highest BCUT2D eigenvalue weighted by molar-refractivity contribution is 6.14. The highest BCUT2D eigenvalue weighted by Gasteiger charge is 2.10. The van der Waals surface area contributed by atoms with Crippen molar-refractivity contribution in [1.29, 1.82) is 0 Å². The average Bonchev–Trinajstić information content (AvgIpc) is 2.79. The summed E-state index contributed by atoms with van der Waals surface area (Å²) >= 11 is 0. The molecular weight excluding hydrogens is 222 g/mol. The minimum absolute atomic E-state index is 0.770. The standard InChI is InChI=1S/C15H11N3/c16-13-9-5-1-3-7-11(9)17-14-10-6-2-4-8-12(10)18-15(13)14/h1-8,18H,(H2,16,17). The van der Waals surface area contributed by atoms with Gasteiger partial charge in [0.2, 0.25) is 0 Å². The molecule has 18 heavy (non-hydrogen) atoms. The molecule has 0 atom stereocenters. The third-order valence-electron chi connectivity index (χ3n) is 3.37. The number of nitrogens with two attached hydrogens (primary N) is 1. The van der Waals surface area contributed by atoms with Crippen LogP contribution >= 0.6 is 0 Å². The van der Waals surface area contributed by atoms with E-state index in [-0.39, 0.29) is 0 Å². The van der Waals surface area contributed by atoms with Crippen molar-refractivity contribution in [2.45, 2.75) is 0 Å². The van der Waals surface area contributed by atoms with Crippen LogP contribution < -0.4 is 5.73 Å². The zero-order valence-electron chi connectivity index (χ0n) is 9.64. The quantitative estimate of drug-likeness (QED) is 0.488. The van der Waals surface area contributed by atoms with Gasteiger partial charge in [0.05, 0.1) is 22.2 Å². The van der Waals surface area contributed by atoms with Crippen LogP contribution in [-0.2, 0) is 0 Å². The van der Waals surface area contributed by atoms with Crippen LogP contribution in [0.4, 0.5) is 5.69 Å². The molecule has 0 unspecified atom stereocenters. The van der Waals surface area contributed by atoms with Gasteiger partial charge in [-0.3, -0.25) is 0 Å². The highest BCUT2D eigenvalue weighted by Crippen LogP contribution is 2.32. The molecule has 4 rings (SSSR count). The lowest BCUT2D eigenvalue weighted by atomic mass is 10.1. The Morgan fingerprint density at radius 3 is 2.50 bits per heavy atom. The fraction of sp³-hybridized carbons (Fsp3) is 0. The molecule has 0 saturated heterocycles. The maximum atomic E-state index is 6.25. The van der Waals surface area contributed by atoms with E-state index >= 15 is 0 Å². The van der Waals surface area contributed by atoms with E-state index in [1.807, 2.05) is 42.5 Å². The normalized spacial score (nSPS) is 11.6. The van der Waals surface area contributed by atoms with Crippen LogP contribution in [0.25, 0.3) is 32.8 Å². The number of nitrogens with zero attached hydrogens (tertiary/aromatic N) is 1. The fourth-order valence-electron chi connectivity index (χ4n) is 2.49. The van der Waals surface area contributed by atoms with Gasteiger partial charge in [-0.15, -0.1) is 0 Å². The summed E-state index contributed by atoms with van der Waals surface area (Å²) in [6.07, 6.45) is 0. The zero-order chi connectivity index (χ0) is 12.1. The summed E-state index contributed by atoms with van der Waals surface area (Å²) < 4.78 is 0. The third-order valence-corrected chi connectivity index (χ3v) is 3.37. The van der Waals surface area contributed by atoms with E-state index < -0.39 is 0 Å². The van der Waals surface area contributed by atoms with E-state index in [4.69, 9.17) is 10.7 Å². The molecule has 0 bridgehead atoms. The van der Waals surface area contributed by atoms with Crippen molar-refractivity contribution < 1.29 is 0 Å². The number of hydrogen-bond acceptors (Lipinski definition) is 2. The second-order valence-electron chi connectivity index (χ2n) is 4.44. The Kier molecular flexibility index (Phi) is 1.70. The van der Waals surface area contributed by atoms with Gasteiger partial charge in [0.25, 0.3) is 0 Å². The predicted molar refractivity (Wildman–Crippen MR) is 75.5 cm³/mol. The van der Waals surface area contributed by atoms with Gasteiger partial charge in [0, 0.05) is 16.3 Å². The van der Waals surface area contributed by atoms with E-state index in [0.717, 1.165) is 38.5 Å². The smallest absolute Gasteiger partial charge is 0.0986 e. The van der Waals surface area contributed by atoms with Gasteiger partial charge in [-0.05, 0) is 12.1 Å². The highest BCUT2D eigenvalue weighted by atomic mass is 14.8. The fourth-order valence-corrected chi connectivity index (χ4v) is 2.49. The molecule has 4 aromatic rings. The van der Waals surface area contributed by atoms with Crippen molar-refractivity contribution in [2.24, 2.45) is 0 Å². The molecule has 0 spiro atoms. The SMILES string of the molecule is Nc1c2ccccc2nc2c1[nH]c1ccccc12. The first-order valence-corrected chi connectivity index (χ1v) is 5.89. The van der Waals surface area contributed by atoms with Gasteiger partial charge in [0.1, 0.15) is 0 Å². The lowest BCUT2D eigenvalue weighted by Gasteiger charge is -2.02. The number of aromatic amines is 1. The van der Waals surface area contributed by atoms with Crippen LogP contribution in [-0.4, -0.2) is 9.97 Å². The minimum Gasteiger partial charge on any atom is -0.396 e. The van der Waals surface area contributed by atoms with Crippen molar-refractivity contribution in [2.75, 3.05) is 5.73 Å². The van der Waals surface area contributed by atoms with Crippen molar-refractivity contribution >= 4 is 38.5 Å². The number of hydrogen-bond donors (Lipinski definition) is 2. The van der Waals surface area contributed by atoms with E-state index in [9.17, 15) is 0 Å². The van der Waals surface area contributed by atoms with Gasteiger partial charge < -0.3 is 10.7 Å². The number of nitrogen functional groups attached to an aromatic ring is 1. The summed E-state index contributed by atoms with van der Waals surface area (Å²) in [6, 6.07) is 16.1. The summed E-state index contributed by atoms with van der Waals surface area (Å²) in [7, 11) is 0. The van der Waals surface area contributed by atoms with Crippen LogP contribution in [0.3, 0.4) is 0 Å². The number of H-pyrrole nitrogens is 1. The lowest BCUT2D eigenvalue weighted by Crippen LogP contribution is -1.91. The van der Waals surface area contributed by atoms with Gasteiger partial charge in [-0.1, -0.05) is 36.4 Å². The summed E-state index contributed by atoms with van der Waals surface area (Å²) in [5.41, 5.74) is 10.9. The van der Waals surface area contributed by atoms with Crippen molar-refractivity contribution in [1.82, 2.24) is 9.97 Å². The average molecular weight is 233 g/mol. The number of fused-ring (bicyclic) bond motifs is 4. The molecule has 3 N–H and O–H groups in total. The number of para-hydroxylation sites is 2. The van der Waals surface area contributed by atoms with E-state index in [2.05, 4.69) is 11.1 Å². The van der Waals surface area contributed by atoms with Gasteiger partial charge in [-0.2, -0.15) is 0 Å². The Labute approximate surface area is 103 Å². The minimum atomic E-state index is 0.770. The molecule has 0 saturated carbocycles. The second kappa shape index (κ2) is 3.23. The van der Waals surface area contributed by atoms with E-state index in [0.29, 0.717) is 0 Å². The van der Waals surface area contributed by atoms with Crippen molar-refractivity contribution in [3.63, 3.8) is 0 Å². The molecule has 0 aliphatic rings. The number of anilines is 1. The molecule has 0 aliphatic heterocycles. The number of aromatic nitrogens is 2. The molecule has 2 aromatic heterocycles. The Hall–Kier alpha value is -2.55. The molecule has 3 heteroatoms. The molecular formula is C15H11N3. The molecule has 0 fully saturated rings. The first kappa shape index (κ1) is 9.48. The Morgan fingerprint density at radius 2 is 1.61 bits per heavy atom. The van der Waals surface area contributed by atoms with Crippen LogP contribution in [0.1, 0.15) is 0 Å². The number of rotatable bonds is 0. The van der Waals surface area contributed by atoms with E-state index in [1.165, 1.54) is 0 Å². The molecule has 0 radical (unpaired) electrons. The van der Waals surface area contributed by atoms with Crippen LogP contribution in [0.15, 0.2) is 48.5 Å². The molecule has 86 valence electrons. The summed E-state index contributed by atoms with van der Waals surface area (Å²) in [5.74, 6) is 0. The predicted octanol–water partition coefficient (Wildman–Crippen LogP) is 3.45.